The molecule has 0 fully saturated rings. The van der Waals surface area contributed by atoms with E-state index in [9.17, 15) is 4.79 Å². The number of carbonyl (C=O) groups is 1. The fourth-order valence-electron chi connectivity index (χ4n) is 3.29. The van der Waals surface area contributed by atoms with E-state index in [1.807, 2.05) is 51.4 Å². The Bertz CT molecular complexity index is 1090. The third-order valence-corrected chi connectivity index (χ3v) is 4.54. The monoisotopic (exact) mass is 379 g/mol. The molecule has 9 nitrogen and oxygen atoms in total. The van der Waals surface area contributed by atoms with Crippen LogP contribution < -0.4 is 16.0 Å². The van der Waals surface area contributed by atoms with Gasteiger partial charge in [-0.05, 0) is 31.5 Å². The summed E-state index contributed by atoms with van der Waals surface area (Å²) in [5.74, 6) is 0.233. The molecular weight excluding hydrogens is 358 g/mol. The molecule has 1 aliphatic rings. The first-order valence-corrected chi connectivity index (χ1v) is 8.86. The maximum absolute atomic E-state index is 12.5. The summed E-state index contributed by atoms with van der Waals surface area (Å²) in [6, 6.07) is 7.27. The van der Waals surface area contributed by atoms with Crippen LogP contribution in [0.4, 0.5) is 6.01 Å². The molecule has 9 heteroatoms. The largest absolute Gasteiger partial charge is 0.423 e. The fraction of sp³-hybridized carbons (Fsp3) is 0.263. The Morgan fingerprint density at radius 3 is 2.75 bits per heavy atom. The summed E-state index contributed by atoms with van der Waals surface area (Å²) in [6.45, 7) is 3.78. The number of allylic oxidation sites excluding steroid dienone is 1. The highest BCUT2D eigenvalue weighted by molar-refractivity contribution is 6.01. The first-order chi connectivity index (χ1) is 13.5. The fourth-order valence-corrected chi connectivity index (χ4v) is 3.29. The normalized spacial score (nSPS) is 16.7. The first-order valence-electron chi connectivity index (χ1n) is 8.86. The number of hydrogen-bond acceptors (Lipinski definition) is 7. The highest BCUT2D eigenvalue weighted by Crippen LogP contribution is 2.31. The Hall–Kier alpha value is -3.62. The topological polar surface area (TPSA) is 109 Å². The van der Waals surface area contributed by atoms with Gasteiger partial charge in [0.05, 0.1) is 11.3 Å². The molecule has 0 bridgehead atoms. The molecule has 28 heavy (non-hydrogen) atoms. The number of likely N-dealkylation sites (N-methyl/N-ethyl adjacent to an activating group) is 1. The highest BCUT2D eigenvalue weighted by atomic mass is 16.4. The number of amides is 1. The number of aromatic nitrogens is 3. The number of nitrogens with zero attached hydrogens (tertiary/aromatic N) is 4. The van der Waals surface area contributed by atoms with Crippen molar-refractivity contribution in [2.45, 2.75) is 19.9 Å². The first kappa shape index (κ1) is 17.8. The van der Waals surface area contributed by atoms with E-state index in [4.69, 9.17) is 9.41 Å². The zero-order valence-electron chi connectivity index (χ0n) is 16.1. The van der Waals surface area contributed by atoms with Crippen LogP contribution in [-0.4, -0.2) is 33.7 Å². The van der Waals surface area contributed by atoms with E-state index in [1.54, 1.807) is 11.7 Å². The van der Waals surface area contributed by atoms with Gasteiger partial charge >= 0.3 is 6.01 Å². The Morgan fingerprint density at radius 2 is 2.07 bits per heavy atom. The van der Waals surface area contributed by atoms with Gasteiger partial charge < -0.3 is 15.1 Å². The predicted octanol–water partition coefficient (Wildman–Crippen LogP) is 2.00. The van der Waals surface area contributed by atoms with Gasteiger partial charge in [0.15, 0.2) is 5.58 Å². The number of para-hydroxylation sites is 2. The minimum Gasteiger partial charge on any atom is -0.423 e. The van der Waals surface area contributed by atoms with Crippen molar-refractivity contribution in [1.29, 1.82) is 0 Å². The molecule has 1 aromatic carbocycles. The van der Waals surface area contributed by atoms with Crippen molar-refractivity contribution in [2.24, 2.45) is 12.0 Å². The molecule has 0 aliphatic carbocycles. The molecule has 1 atom stereocenters. The third-order valence-electron chi connectivity index (χ3n) is 4.54. The van der Waals surface area contributed by atoms with Crippen LogP contribution in [0.15, 0.2) is 51.1 Å². The van der Waals surface area contributed by atoms with E-state index in [0.717, 1.165) is 16.8 Å². The van der Waals surface area contributed by atoms with E-state index in [2.05, 4.69) is 26.0 Å². The Labute approximate surface area is 161 Å². The van der Waals surface area contributed by atoms with Crippen LogP contribution in [0.1, 0.15) is 24.2 Å². The standard InChI is InChI=1S/C19H21N7O2/c1-10-9-26(4)25-15(10)16-14(17(27)20-3)11(2)21-18(23-16)24-19-22-12-7-5-6-8-13(12)28-19/h5-9,16H,1-4H3,(H,20,27)(H2,21,22,23,24). The van der Waals surface area contributed by atoms with Crippen LogP contribution in [0.5, 0.6) is 0 Å². The molecule has 1 aliphatic heterocycles. The maximum Gasteiger partial charge on any atom is 0.302 e. The molecule has 0 radical (unpaired) electrons. The predicted molar refractivity (Wildman–Crippen MR) is 106 cm³/mol. The molecule has 4 rings (SSSR count). The number of aryl methyl sites for hydroxylation is 2. The number of fused-ring (bicyclic) bond motifs is 1. The number of anilines is 1. The second-order valence-corrected chi connectivity index (χ2v) is 6.61. The number of rotatable bonds is 3. The lowest BCUT2D eigenvalue weighted by molar-refractivity contribution is -0.117. The number of nitrogens with one attached hydrogen (secondary N) is 3. The summed E-state index contributed by atoms with van der Waals surface area (Å²) in [5, 5.41) is 13.4. The molecule has 1 unspecified atom stereocenters. The number of oxazole rings is 1. The minimum absolute atomic E-state index is 0.204. The zero-order valence-corrected chi connectivity index (χ0v) is 16.1. The second kappa shape index (κ2) is 6.84. The van der Waals surface area contributed by atoms with Crippen LogP contribution in [0.2, 0.25) is 0 Å². The summed E-state index contributed by atoms with van der Waals surface area (Å²) in [6.07, 6.45) is 1.90. The SMILES string of the molecule is CNC(=O)C1=C(C)NC(Nc2nc3ccccc3o2)=NC1c1nn(C)cc1C. The van der Waals surface area contributed by atoms with E-state index in [-0.39, 0.29) is 5.91 Å². The van der Waals surface area contributed by atoms with Gasteiger partial charge in [0.2, 0.25) is 5.96 Å². The lowest BCUT2D eigenvalue weighted by Crippen LogP contribution is -2.38. The van der Waals surface area contributed by atoms with Gasteiger partial charge in [-0.2, -0.15) is 10.1 Å². The molecule has 3 N–H and O–H groups in total. The van der Waals surface area contributed by atoms with Crippen molar-refractivity contribution >= 4 is 29.0 Å². The van der Waals surface area contributed by atoms with Gasteiger partial charge in [-0.15, -0.1) is 0 Å². The Morgan fingerprint density at radius 1 is 1.29 bits per heavy atom. The lowest BCUT2D eigenvalue weighted by Gasteiger charge is -2.25. The Kier molecular flexibility index (Phi) is 4.34. The van der Waals surface area contributed by atoms with Gasteiger partial charge in [-0.25, -0.2) is 4.99 Å². The number of benzene rings is 1. The smallest absolute Gasteiger partial charge is 0.302 e. The van der Waals surface area contributed by atoms with E-state index >= 15 is 0 Å². The van der Waals surface area contributed by atoms with Gasteiger partial charge in [0, 0.05) is 26.0 Å². The summed E-state index contributed by atoms with van der Waals surface area (Å²) < 4.78 is 7.43. The molecule has 0 saturated heterocycles. The summed E-state index contributed by atoms with van der Waals surface area (Å²) >= 11 is 0. The summed E-state index contributed by atoms with van der Waals surface area (Å²) in [5.41, 5.74) is 4.30. The quantitative estimate of drug-likeness (QED) is 0.642. The number of carbonyl (C=O) groups excluding carboxylic acids is 1. The van der Waals surface area contributed by atoms with Gasteiger partial charge in [-0.1, -0.05) is 12.1 Å². The van der Waals surface area contributed by atoms with Gasteiger partial charge in [-0.3, -0.25) is 14.8 Å². The van der Waals surface area contributed by atoms with Crippen molar-refractivity contribution < 1.29 is 9.21 Å². The average Bonchev–Trinajstić information content (AvgIpc) is 3.22. The van der Waals surface area contributed by atoms with Crippen molar-refractivity contribution in [3.63, 3.8) is 0 Å². The van der Waals surface area contributed by atoms with Crippen molar-refractivity contribution in [1.82, 2.24) is 25.4 Å². The highest BCUT2D eigenvalue weighted by Gasteiger charge is 2.32. The van der Waals surface area contributed by atoms with E-state index in [0.29, 0.717) is 28.8 Å². The van der Waals surface area contributed by atoms with E-state index in [1.165, 1.54) is 0 Å². The summed E-state index contributed by atoms with van der Waals surface area (Å²) in [4.78, 5) is 21.6. The molecule has 1 amide bonds. The third kappa shape index (κ3) is 3.11. The van der Waals surface area contributed by atoms with Crippen LogP contribution in [0.3, 0.4) is 0 Å². The molecular formula is C19H21N7O2. The molecule has 2 aromatic heterocycles. The number of hydrogen-bond donors (Lipinski definition) is 3. The molecule has 0 saturated carbocycles. The minimum atomic E-state index is -0.547. The molecule has 144 valence electrons. The second-order valence-electron chi connectivity index (χ2n) is 6.61. The van der Waals surface area contributed by atoms with Crippen molar-refractivity contribution in [3.8, 4) is 0 Å². The van der Waals surface area contributed by atoms with Crippen LogP contribution in [0, 0.1) is 6.92 Å². The molecule has 3 aromatic rings. The van der Waals surface area contributed by atoms with E-state index < -0.39 is 6.04 Å². The van der Waals surface area contributed by atoms with Crippen LogP contribution in [0.25, 0.3) is 11.1 Å². The molecule has 3 heterocycles. The maximum atomic E-state index is 12.5. The molecule has 0 spiro atoms. The zero-order chi connectivity index (χ0) is 19.8. The van der Waals surface area contributed by atoms with Gasteiger partial charge in [0.1, 0.15) is 11.6 Å². The van der Waals surface area contributed by atoms with Gasteiger partial charge in [0.25, 0.3) is 5.91 Å². The number of aliphatic imine (C=N–C) groups is 1. The lowest BCUT2D eigenvalue weighted by atomic mass is 9.98. The average molecular weight is 379 g/mol. The number of guanidine groups is 1. The van der Waals surface area contributed by atoms with Crippen molar-refractivity contribution in [3.05, 3.63) is 53.0 Å². The van der Waals surface area contributed by atoms with Crippen LogP contribution in [-0.2, 0) is 11.8 Å². The Balaban J connectivity index is 1.72. The van der Waals surface area contributed by atoms with Crippen molar-refractivity contribution in [2.75, 3.05) is 12.4 Å². The summed E-state index contributed by atoms with van der Waals surface area (Å²) in [7, 11) is 3.44. The van der Waals surface area contributed by atoms with Crippen LogP contribution >= 0.6 is 0 Å².